The smallest absolute Gasteiger partial charge is 0.242 e. The first kappa shape index (κ1) is 22.6. The van der Waals surface area contributed by atoms with Crippen LogP contribution in [0.2, 0.25) is 10.0 Å². The van der Waals surface area contributed by atoms with E-state index < -0.39 is 6.04 Å². The van der Waals surface area contributed by atoms with Crippen molar-refractivity contribution in [2.45, 2.75) is 32.2 Å². The average Bonchev–Trinajstić information content (AvgIpc) is 2.67. The number of hydrogen-bond acceptors (Lipinski definition) is 3. The minimum absolute atomic E-state index is 0.0974. The number of rotatable bonds is 8. The summed E-state index contributed by atoms with van der Waals surface area (Å²) in [5, 5.41) is 3.49. The number of nitrogens with zero attached hydrogens (tertiary/aromatic N) is 1. The Kier molecular flexibility index (Phi) is 8.67. The molecule has 150 valence electrons. The predicted molar refractivity (Wildman–Crippen MR) is 118 cm³/mol. The lowest BCUT2D eigenvalue weighted by molar-refractivity contribution is -0.138. The second kappa shape index (κ2) is 10.7. The van der Waals surface area contributed by atoms with Gasteiger partial charge < -0.3 is 10.2 Å². The quantitative estimate of drug-likeness (QED) is 0.649. The Morgan fingerprint density at radius 1 is 1.11 bits per heavy atom. The van der Waals surface area contributed by atoms with Crippen molar-refractivity contribution in [3.8, 4) is 0 Å². The van der Waals surface area contributed by atoms with Crippen LogP contribution >= 0.6 is 35.0 Å². The minimum Gasteiger partial charge on any atom is -0.357 e. The number of thioether (sulfide) groups is 1. The SMILES string of the molecule is CNC(=O)[C@@H](C)N(Cc1ccc(Cl)c(Cl)c1)C(=O)CSCc1cccc(C)c1. The van der Waals surface area contributed by atoms with Gasteiger partial charge in [-0.3, -0.25) is 9.59 Å². The van der Waals surface area contributed by atoms with E-state index in [9.17, 15) is 9.59 Å². The van der Waals surface area contributed by atoms with E-state index in [2.05, 4.69) is 11.4 Å². The molecule has 0 heterocycles. The highest BCUT2D eigenvalue weighted by molar-refractivity contribution is 7.99. The molecule has 0 aliphatic heterocycles. The molecule has 7 heteroatoms. The third-order valence-electron chi connectivity index (χ3n) is 4.33. The molecule has 2 rings (SSSR count). The summed E-state index contributed by atoms with van der Waals surface area (Å²) in [6.07, 6.45) is 0. The molecule has 0 aromatic heterocycles. The molecule has 2 aromatic rings. The molecule has 4 nitrogen and oxygen atoms in total. The molecule has 0 unspecified atom stereocenters. The Morgan fingerprint density at radius 3 is 2.50 bits per heavy atom. The zero-order chi connectivity index (χ0) is 20.7. The van der Waals surface area contributed by atoms with Gasteiger partial charge in [-0.1, -0.05) is 59.1 Å². The molecule has 0 spiro atoms. The minimum atomic E-state index is -0.591. The highest BCUT2D eigenvalue weighted by Gasteiger charge is 2.25. The molecule has 0 radical (unpaired) electrons. The molecular weight excluding hydrogens is 415 g/mol. The zero-order valence-corrected chi connectivity index (χ0v) is 18.5. The first-order chi connectivity index (χ1) is 13.3. The summed E-state index contributed by atoms with van der Waals surface area (Å²) in [5.74, 6) is 0.718. The molecule has 0 saturated heterocycles. The maximum absolute atomic E-state index is 12.9. The Labute approximate surface area is 180 Å². The van der Waals surface area contributed by atoms with Gasteiger partial charge in [0.25, 0.3) is 0 Å². The van der Waals surface area contributed by atoms with Gasteiger partial charge in [0, 0.05) is 19.3 Å². The summed E-state index contributed by atoms with van der Waals surface area (Å²) in [6.45, 7) is 4.05. The molecule has 28 heavy (non-hydrogen) atoms. The molecular formula is C21H24Cl2N2O2S. The Bertz CT molecular complexity index is 845. The molecule has 1 atom stereocenters. The van der Waals surface area contributed by atoms with Crippen LogP contribution in [0.4, 0.5) is 0 Å². The van der Waals surface area contributed by atoms with Crippen LogP contribution in [-0.4, -0.2) is 35.6 Å². The van der Waals surface area contributed by atoms with Gasteiger partial charge in [-0.2, -0.15) is 0 Å². The Morgan fingerprint density at radius 2 is 1.86 bits per heavy atom. The summed E-state index contributed by atoms with van der Waals surface area (Å²) >= 11 is 13.6. The van der Waals surface area contributed by atoms with Crippen molar-refractivity contribution in [1.29, 1.82) is 0 Å². The van der Waals surface area contributed by atoms with Crippen LogP contribution in [0.5, 0.6) is 0 Å². The first-order valence-electron chi connectivity index (χ1n) is 8.90. The summed E-state index contributed by atoms with van der Waals surface area (Å²) in [7, 11) is 1.56. The van der Waals surface area contributed by atoms with Gasteiger partial charge in [0.15, 0.2) is 0 Å². The fraction of sp³-hybridized carbons (Fsp3) is 0.333. The van der Waals surface area contributed by atoms with Crippen molar-refractivity contribution >= 4 is 46.8 Å². The number of likely N-dealkylation sites (N-methyl/N-ethyl adjacent to an activating group) is 1. The number of halogens is 2. The van der Waals surface area contributed by atoms with Crippen molar-refractivity contribution < 1.29 is 9.59 Å². The van der Waals surface area contributed by atoms with E-state index in [0.29, 0.717) is 10.0 Å². The van der Waals surface area contributed by atoms with Gasteiger partial charge in [-0.05, 0) is 37.1 Å². The monoisotopic (exact) mass is 438 g/mol. The maximum Gasteiger partial charge on any atom is 0.242 e. The zero-order valence-electron chi connectivity index (χ0n) is 16.2. The molecule has 1 N–H and O–H groups in total. The number of carbonyl (C=O) groups excluding carboxylic acids is 2. The molecule has 0 fully saturated rings. The van der Waals surface area contributed by atoms with Crippen molar-refractivity contribution in [3.05, 3.63) is 69.2 Å². The van der Waals surface area contributed by atoms with E-state index >= 15 is 0 Å². The van der Waals surface area contributed by atoms with Gasteiger partial charge in [0.2, 0.25) is 11.8 Å². The number of carbonyl (C=O) groups is 2. The maximum atomic E-state index is 12.9. The lowest BCUT2D eigenvalue weighted by Gasteiger charge is -2.28. The van der Waals surface area contributed by atoms with Gasteiger partial charge in [0.05, 0.1) is 15.8 Å². The van der Waals surface area contributed by atoms with Crippen LogP contribution in [0.15, 0.2) is 42.5 Å². The largest absolute Gasteiger partial charge is 0.357 e. The second-order valence-electron chi connectivity index (χ2n) is 6.54. The van der Waals surface area contributed by atoms with Gasteiger partial charge in [-0.25, -0.2) is 0 Å². The number of benzene rings is 2. The van der Waals surface area contributed by atoms with Crippen molar-refractivity contribution in [1.82, 2.24) is 10.2 Å². The molecule has 0 bridgehead atoms. The summed E-state index contributed by atoms with van der Waals surface area (Å²) in [5.41, 5.74) is 3.19. The standard InChI is InChI=1S/C21H24Cl2N2O2S/c1-14-5-4-6-17(9-14)12-28-13-20(26)25(15(2)21(27)24-3)11-16-7-8-18(22)19(23)10-16/h4-10,15H,11-13H2,1-3H3,(H,24,27)/t15-/m1/s1. The summed E-state index contributed by atoms with van der Waals surface area (Å²) < 4.78 is 0. The van der Waals surface area contributed by atoms with Crippen LogP contribution in [0, 0.1) is 6.92 Å². The molecule has 0 aliphatic carbocycles. The highest BCUT2D eigenvalue weighted by Crippen LogP contribution is 2.24. The highest BCUT2D eigenvalue weighted by atomic mass is 35.5. The van der Waals surface area contributed by atoms with Crippen LogP contribution in [0.1, 0.15) is 23.6 Å². The van der Waals surface area contributed by atoms with E-state index in [1.165, 1.54) is 22.9 Å². The lowest BCUT2D eigenvalue weighted by Crippen LogP contribution is -2.47. The topological polar surface area (TPSA) is 49.4 Å². The molecule has 0 aliphatic rings. The predicted octanol–water partition coefficient (Wildman–Crippen LogP) is 4.70. The van der Waals surface area contributed by atoms with Crippen LogP contribution in [0.25, 0.3) is 0 Å². The van der Waals surface area contributed by atoms with Crippen LogP contribution in [-0.2, 0) is 21.9 Å². The second-order valence-corrected chi connectivity index (χ2v) is 8.34. The molecule has 2 amide bonds. The van der Waals surface area contributed by atoms with Crippen LogP contribution < -0.4 is 5.32 Å². The first-order valence-corrected chi connectivity index (χ1v) is 10.8. The fourth-order valence-corrected chi connectivity index (χ4v) is 3.95. The number of amides is 2. The molecule has 0 saturated carbocycles. The normalized spacial score (nSPS) is 11.8. The van der Waals surface area contributed by atoms with E-state index in [1.54, 1.807) is 31.0 Å². The van der Waals surface area contributed by atoms with E-state index in [4.69, 9.17) is 23.2 Å². The van der Waals surface area contributed by atoms with Crippen LogP contribution in [0.3, 0.4) is 0 Å². The summed E-state index contributed by atoms with van der Waals surface area (Å²) in [6, 6.07) is 12.8. The van der Waals surface area contributed by atoms with E-state index in [-0.39, 0.29) is 24.1 Å². The van der Waals surface area contributed by atoms with Gasteiger partial charge in [0.1, 0.15) is 6.04 Å². The third kappa shape index (κ3) is 6.43. The Balaban J connectivity index is 2.07. The lowest BCUT2D eigenvalue weighted by atomic mass is 10.1. The van der Waals surface area contributed by atoms with Gasteiger partial charge >= 0.3 is 0 Å². The number of hydrogen-bond donors (Lipinski definition) is 1. The summed E-state index contributed by atoms with van der Waals surface area (Å²) in [4.78, 5) is 26.6. The average molecular weight is 439 g/mol. The van der Waals surface area contributed by atoms with E-state index in [0.717, 1.165) is 11.3 Å². The third-order valence-corrected chi connectivity index (χ3v) is 6.05. The Hall–Kier alpha value is -1.69. The number of aryl methyl sites for hydroxylation is 1. The van der Waals surface area contributed by atoms with Crippen molar-refractivity contribution in [2.75, 3.05) is 12.8 Å². The number of nitrogens with one attached hydrogen (secondary N) is 1. The van der Waals surface area contributed by atoms with Crippen molar-refractivity contribution in [2.24, 2.45) is 0 Å². The van der Waals surface area contributed by atoms with Gasteiger partial charge in [-0.15, -0.1) is 11.8 Å². The van der Waals surface area contributed by atoms with E-state index in [1.807, 2.05) is 31.2 Å². The van der Waals surface area contributed by atoms with Crippen molar-refractivity contribution in [3.63, 3.8) is 0 Å². The fourth-order valence-electron chi connectivity index (χ4n) is 2.77. The molecule has 2 aromatic carbocycles.